The molecule has 1 aromatic rings. The van der Waals surface area contributed by atoms with E-state index in [0.717, 1.165) is 0 Å². The summed E-state index contributed by atoms with van der Waals surface area (Å²) >= 11 is 27.9. The Morgan fingerprint density at radius 1 is 0.833 bits per heavy atom. The molecule has 0 aliphatic carbocycles. The van der Waals surface area contributed by atoms with Gasteiger partial charge in [0.2, 0.25) is 0 Å². The third-order valence-corrected chi connectivity index (χ3v) is 3.84. The predicted octanol–water partition coefficient (Wildman–Crippen LogP) is 5.42. The molecule has 0 aromatic heterocycles. The van der Waals surface area contributed by atoms with E-state index in [1.165, 1.54) is 0 Å². The first kappa shape index (κ1) is 16.0. The second-order valence-corrected chi connectivity index (χ2v) is 4.68. The number of benzene rings is 1. The van der Waals surface area contributed by atoms with Crippen LogP contribution in [0.3, 0.4) is 0 Å². The maximum atomic E-state index is 12.0. The second-order valence-electron chi connectivity index (χ2n) is 2.79. The van der Waals surface area contributed by atoms with E-state index in [0.29, 0.717) is 0 Å². The first-order chi connectivity index (χ1) is 8.07. The smallest absolute Gasteiger partial charge is 0.417 e. The molecule has 0 heterocycles. The summed E-state index contributed by atoms with van der Waals surface area (Å²) in [5, 5.41) is -2.11. The molecule has 0 amide bonds. The van der Waals surface area contributed by atoms with E-state index >= 15 is 0 Å². The average molecular weight is 362 g/mol. The van der Waals surface area contributed by atoms with Gasteiger partial charge >= 0.3 is 12.1 Å². The number of hydrogen-bond acceptors (Lipinski definition) is 2. The van der Waals surface area contributed by atoms with Crippen LogP contribution in [-0.2, 0) is 4.79 Å². The molecular weight excluding hydrogens is 362 g/mol. The summed E-state index contributed by atoms with van der Waals surface area (Å²) in [6, 6.07) is 0. The lowest BCUT2D eigenvalue weighted by Gasteiger charge is -2.13. The SMILES string of the molecule is O=C(Oc1c(Cl)c(Cl)c(Cl)c(Cl)c1Cl)C(F)(F)F. The molecule has 0 atom stereocenters. The Morgan fingerprint density at radius 3 is 1.50 bits per heavy atom. The van der Waals surface area contributed by atoms with E-state index in [9.17, 15) is 18.0 Å². The van der Waals surface area contributed by atoms with Crippen molar-refractivity contribution in [2.45, 2.75) is 6.18 Å². The van der Waals surface area contributed by atoms with Gasteiger partial charge in [0, 0.05) is 0 Å². The first-order valence-electron chi connectivity index (χ1n) is 3.87. The van der Waals surface area contributed by atoms with E-state index in [1.807, 2.05) is 0 Å². The maximum Gasteiger partial charge on any atom is 0.491 e. The van der Waals surface area contributed by atoms with Crippen molar-refractivity contribution in [3.63, 3.8) is 0 Å². The summed E-state index contributed by atoms with van der Waals surface area (Å²) in [6.45, 7) is 0. The lowest BCUT2D eigenvalue weighted by Crippen LogP contribution is -2.28. The monoisotopic (exact) mass is 360 g/mol. The number of alkyl halides is 3. The van der Waals surface area contributed by atoms with Crippen LogP contribution in [-0.4, -0.2) is 12.1 Å². The minimum atomic E-state index is -5.22. The first-order valence-corrected chi connectivity index (χ1v) is 5.76. The maximum absolute atomic E-state index is 12.0. The fourth-order valence-electron chi connectivity index (χ4n) is 0.825. The molecule has 1 aromatic carbocycles. The molecular formula is C8Cl5F3O2. The van der Waals surface area contributed by atoms with Gasteiger partial charge in [-0.1, -0.05) is 58.0 Å². The van der Waals surface area contributed by atoms with Crippen molar-refractivity contribution in [1.29, 1.82) is 0 Å². The van der Waals surface area contributed by atoms with Crippen molar-refractivity contribution >= 4 is 64.0 Å². The Bertz CT molecular complexity index is 485. The molecule has 1 rings (SSSR count). The quantitative estimate of drug-likeness (QED) is 0.289. The van der Waals surface area contributed by atoms with Crippen LogP contribution in [0.15, 0.2) is 0 Å². The Morgan fingerprint density at radius 2 is 1.17 bits per heavy atom. The zero-order valence-electron chi connectivity index (χ0n) is 7.84. The third-order valence-electron chi connectivity index (χ3n) is 1.60. The highest BCUT2D eigenvalue weighted by Gasteiger charge is 2.42. The van der Waals surface area contributed by atoms with Crippen molar-refractivity contribution in [3.8, 4) is 5.75 Å². The topological polar surface area (TPSA) is 26.3 Å². The average Bonchev–Trinajstić information content (AvgIpc) is 2.28. The van der Waals surface area contributed by atoms with Crippen molar-refractivity contribution in [2.24, 2.45) is 0 Å². The van der Waals surface area contributed by atoms with Crippen LogP contribution >= 0.6 is 58.0 Å². The zero-order valence-corrected chi connectivity index (χ0v) is 11.6. The molecule has 100 valence electrons. The summed E-state index contributed by atoms with van der Waals surface area (Å²) in [6.07, 6.45) is -5.22. The molecule has 10 heteroatoms. The van der Waals surface area contributed by atoms with E-state index in [1.54, 1.807) is 0 Å². The Hall–Kier alpha value is -0.0700. The lowest BCUT2D eigenvalue weighted by atomic mass is 10.3. The van der Waals surface area contributed by atoms with Gasteiger partial charge in [0.15, 0.2) is 5.75 Å². The van der Waals surface area contributed by atoms with E-state index in [2.05, 4.69) is 4.74 Å². The van der Waals surface area contributed by atoms with Gasteiger partial charge in [0.25, 0.3) is 0 Å². The molecule has 0 bridgehead atoms. The van der Waals surface area contributed by atoms with Gasteiger partial charge in [-0.15, -0.1) is 0 Å². The van der Waals surface area contributed by atoms with Crippen molar-refractivity contribution in [1.82, 2.24) is 0 Å². The molecule has 0 saturated heterocycles. The predicted molar refractivity (Wildman–Crippen MR) is 63.2 cm³/mol. The fourth-order valence-corrected chi connectivity index (χ4v) is 2.02. The van der Waals surface area contributed by atoms with Crippen LogP contribution in [0.25, 0.3) is 0 Å². The van der Waals surface area contributed by atoms with Gasteiger partial charge in [0.1, 0.15) is 10.0 Å². The fraction of sp³-hybridized carbons (Fsp3) is 0.125. The Kier molecular flexibility index (Phi) is 4.89. The molecule has 2 nitrogen and oxygen atoms in total. The van der Waals surface area contributed by atoms with Crippen LogP contribution in [0.4, 0.5) is 13.2 Å². The van der Waals surface area contributed by atoms with Crippen LogP contribution < -0.4 is 4.74 Å². The third kappa shape index (κ3) is 3.08. The summed E-state index contributed by atoms with van der Waals surface area (Å²) in [7, 11) is 0. The van der Waals surface area contributed by atoms with E-state index in [-0.39, 0.29) is 15.1 Å². The molecule has 0 N–H and O–H groups in total. The van der Waals surface area contributed by atoms with Gasteiger partial charge in [-0.05, 0) is 0 Å². The number of ether oxygens (including phenoxy) is 1. The van der Waals surface area contributed by atoms with Crippen LogP contribution in [0, 0.1) is 0 Å². The van der Waals surface area contributed by atoms with E-state index < -0.39 is 27.9 Å². The Balaban J connectivity index is 3.31. The van der Waals surface area contributed by atoms with E-state index in [4.69, 9.17) is 58.0 Å². The van der Waals surface area contributed by atoms with Gasteiger partial charge in [-0.3, -0.25) is 0 Å². The summed E-state index contributed by atoms with van der Waals surface area (Å²) < 4.78 is 40.1. The van der Waals surface area contributed by atoms with Gasteiger partial charge in [0.05, 0.1) is 15.1 Å². The van der Waals surface area contributed by atoms with Crippen molar-refractivity contribution < 1.29 is 22.7 Å². The number of esters is 1. The van der Waals surface area contributed by atoms with Crippen LogP contribution in [0.2, 0.25) is 25.1 Å². The van der Waals surface area contributed by atoms with Gasteiger partial charge in [-0.25, -0.2) is 4.79 Å². The lowest BCUT2D eigenvalue weighted by molar-refractivity contribution is -0.189. The summed E-state index contributed by atoms with van der Waals surface area (Å²) in [5.74, 6) is -3.32. The number of carbonyl (C=O) groups excluding carboxylic acids is 1. The molecule has 0 aliphatic rings. The Labute approximate surface area is 123 Å². The molecule has 0 spiro atoms. The molecule has 0 aliphatic heterocycles. The highest BCUT2D eigenvalue weighted by molar-refractivity contribution is 6.55. The zero-order chi connectivity index (χ0) is 14.2. The summed E-state index contributed by atoms with van der Waals surface area (Å²) in [4.78, 5) is 10.7. The van der Waals surface area contributed by atoms with Crippen LogP contribution in [0.1, 0.15) is 0 Å². The van der Waals surface area contributed by atoms with Crippen LogP contribution in [0.5, 0.6) is 5.75 Å². The minimum Gasteiger partial charge on any atom is -0.417 e. The van der Waals surface area contributed by atoms with Crippen molar-refractivity contribution in [3.05, 3.63) is 25.1 Å². The molecule has 0 fully saturated rings. The largest absolute Gasteiger partial charge is 0.491 e. The molecule has 0 radical (unpaired) electrons. The van der Waals surface area contributed by atoms with Crippen molar-refractivity contribution in [2.75, 3.05) is 0 Å². The molecule has 0 saturated carbocycles. The van der Waals surface area contributed by atoms with Gasteiger partial charge < -0.3 is 4.74 Å². The second kappa shape index (κ2) is 5.51. The number of halogens is 8. The molecule has 18 heavy (non-hydrogen) atoms. The normalized spacial score (nSPS) is 11.6. The summed E-state index contributed by atoms with van der Waals surface area (Å²) in [5.41, 5.74) is 0. The number of carbonyl (C=O) groups is 1. The van der Waals surface area contributed by atoms with Gasteiger partial charge in [-0.2, -0.15) is 13.2 Å². The highest BCUT2D eigenvalue weighted by atomic mass is 35.5. The standard InChI is InChI=1S/C8Cl5F3O2/c9-1-2(10)4(12)6(5(13)3(1)11)18-7(17)8(14,15)16. The molecule has 0 unspecified atom stereocenters. The number of hydrogen-bond donors (Lipinski definition) is 0. The highest BCUT2D eigenvalue weighted by Crippen LogP contribution is 2.48. The minimum absolute atomic E-state index is 0.264. The number of rotatable bonds is 1.